The van der Waals surface area contributed by atoms with Crippen LogP contribution in [0.15, 0.2) is 28.8 Å². The average molecular weight is 373 g/mol. The van der Waals surface area contributed by atoms with Crippen LogP contribution >= 0.6 is 0 Å². The van der Waals surface area contributed by atoms with Gasteiger partial charge in [-0.15, -0.1) is 13.2 Å². The van der Waals surface area contributed by atoms with Crippen molar-refractivity contribution in [2.75, 3.05) is 6.54 Å². The minimum atomic E-state index is -4.83. The molecule has 1 heterocycles. The highest BCUT2D eigenvalue weighted by atomic mass is 19.4. The Kier molecular flexibility index (Phi) is 5.73. The molecule has 26 heavy (non-hydrogen) atoms. The summed E-state index contributed by atoms with van der Waals surface area (Å²) in [5.41, 5.74) is -0.579. The van der Waals surface area contributed by atoms with Gasteiger partial charge in [0.2, 0.25) is 11.7 Å². The Morgan fingerprint density at radius 1 is 1.23 bits per heavy atom. The maximum absolute atomic E-state index is 12.5. The summed E-state index contributed by atoms with van der Waals surface area (Å²) in [5.74, 6) is -0.325. The molecule has 142 valence electrons. The molecule has 10 heteroatoms. The van der Waals surface area contributed by atoms with Crippen LogP contribution in [0.5, 0.6) is 5.75 Å². The minimum Gasteiger partial charge on any atom is -0.444 e. The zero-order valence-corrected chi connectivity index (χ0v) is 14.4. The molecule has 0 bridgehead atoms. The molecular weight excluding hydrogens is 355 g/mol. The van der Waals surface area contributed by atoms with Gasteiger partial charge >= 0.3 is 12.5 Å². The van der Waals surface area contributed by atoms with Crippen LogP contribution in [-0.4, -0.2) is 34.7 Å². The van der Waals surface area contributed by atoms with Crippen molar-refractivity contribution in [1.29, 1.82) is 0 Å². The van der Waals surface area contributed by atoms with E-state index in [1.807, 2.05) is 0 Å². The van der Waals surface area contributed by atoms with Gasteiger partial charge in [0.25, 0.3) is 0 Å². The predicted molar refractivity (Wildman–Crippen MR) is 84.4 cm³/mol. The first-order chi connectivity index (χ1) is 12.0. The summed E-state index contributed by atoms with van der Waals surface area (Å²) in [5, 5.41) is 6.17. The van der Waals surface area contributed by atoms with Crippen molar-refractivity contribution < 1.29 is 32.0 Å². The number of nitrogens with one attached hydrogen (secondary N) is 1. The summed E-state index contributed by atoms with van der Waals surface area (Å²) in [4.78, 5) is 15.6. The zero-order valence-electron chi connectivity index (χ0n) is 14.4. The Bertz CT molecular complexity index is 754. The lowest BCUT2D eigenvalue weighted by Crippen LogP contribution is -2.33. The van der Waals surface area contributed by atoms with E-state index < -0.39 is 23.8 Å². The Labute approximate surface area is 147 Å². The second kappa shape index (κ2) is 7.63. The van der Waals surface area contributed by atoms with E-state index in [1.165, 1.54) is 18.2 Å². The number of carbonyl (C=O) groups is 1. The molecule has 0 radical (unpaired) electrons. The zero-order chi connectivity index (χ0) is 19.4. The van der Waals surface area contributed by atoms with E-state index in [4.69, 9.17) is 9.26 Å². The highest BCUT2D eigenvalue weighted by molar-refractivity contribution is 5.67. The number of ether oxygens (including phenoxy) is 2. The Hall–Kier alpha value is -2.78. The second-order valence-corrected chi connectivity index (χ2v) is 6.23. The van der Waals surface area contributed by atoms with Crippen molar-refractivity contribution in [3.05, 3.63) is 30.2 Å². The summed E-state index contributed by atoms with van der Waals surface area (Å²) >= 11 is 0. The standard InChI is InChI=1S/C16H18F3N3O4/c1-15(2,3)25-14(23)20-9-8-12-21-13(22-26-12)10-6-4-5-7-11(10)24-16(17,18)19/h4-7H,8-9H2,1-3H3,(H,20,23). The SMILES string of the molecule is CC(C)(C)OC(=O)NCCc1nc(-c2ccccc2OC(F)(F)F)no1. The summed E-state index contributed by atoms with van der Waals surface area (Å²) in [6, 6.07) is 5.46. The summed E-state index contributed by atoms with van der Waals surface area (Å²) in [7, 11) is 0. The van der Waals surface area contributed by atoms with Crippen LogP contribution in [0.2, 0.25) is 0 Å². The Morgan fingerprint density at radius 2 is 1.92 bits per heavy atom. The number of halogens is 3. The van der Waals surface area contributed by atoms with Gasteiger partial charge in [-0.25, -0.2) is 4.79 Å². The van der Waals surface area contributed by atoms with Crippen LogP contribution in [0.1, 0.15) is 26.7 Å². The van der Waals surface area contributed by atoms with E-state index in [0.717, 1.165) is 6.07 Å². The molecular formula is C16H18F3N3O4. The van der Waals surface area contributed by atoms with Crippen LogP contribution in [0.25, 0.3) is 11.4 Å². The van der Waals surface area contributed by atoms with E-state index in [-0.39, 0.29) is 30.2 Å². The van der Waals surface area contributed by atoms with Gasteiger partial charge in [-0.2, -0.15) is 4.98 Å². The lowest BCUT2D eigenvalue weighted by atomic mass is 10.2. The highest BCUT2D eigenvalue weighted by Gasteiger charge is 2.32. The molecule has 0 aliphatic carbocycles. The van der Waals surface area contributed by atoms with Crippen LogP contribution in [0.4, 0.5) is 18.0 Å². The molecule has 0 saturated carbocycles. The Balaban J connectivity index is 1.99. The van der Waals surface area contributed by atoms with Crippen molar-refractivity contribution >= 4 is 6.09 Å². The fourth-order valence-corrected chi connectivity index (χ4v) is 1.92. The van der Waals surface area contributed by atoms with E-state index in [1.54, 1.807) is 20.8 Å². The number of hydrogen-bond donors (Lipinski definition) is 1. The number of amides is 1. The molecule has 0 atom stereocenters. The molecule has 0 fully saturated rings. The number of benzene rings is 1. The maximum Gasteiger partial charge on any atom is 0.573 e. The number of nitrogens with zero attached hydrogens (tertiary/aromatic N) is 2. The third kappa shape index (κ3) is 6.26. The molecule has 1 N–H and O–H groups in total. The van der Waals surface area contributed by atoms with Crippen LogP contribution in [0, 0.1) is 0 Å². The molecule has 1 amide bonds. The quantitative estimate of drug-likeness (QED) is 0.860. The first-order valence-corrected chi connectivity index (χ1v) is 7.68. The lowest BCUT2D eigenvalue weighted by molar-refractivity contribution is -0.274. The van der Waals surface area contributed by atoms with E-state index in [9.17, 15) is 18.0 Å². The third-order valence-electron chi connectivity index (χ3n) is 2.83. The van der Waals surface area contributed by atoms with Gasteiger partial charge in [-0.3, -0.25) is 0 Å². The molecule has 0 unspecified atom stereocenters. The molecule has 1 aromatic carbocycles. The molecule has 2 rings (SSSR count). The third-order valence-corrected chi connectivity index (χ3v) is 2.83. The van der Waals surface area contributed by atoms with E-state index in [2.05, 4.69) is 20.2 Å². The van der Waals surface area contributed by atoms with E-state index >= 15 is 0 Å². The van der Waals surface area contributed by atoms with Gasteiger partial charge in [0.1, 0.15) is 11.4 Å². The molecule has 1 aromatic heterocycles. The van der Waals surface area contributed by atoms with Gasteiger partial charge in [0.15, 0.2) is 0 Å². The van der Waals surface area contributed by atoms with Crippen molar-refractivity contribution in [1.82, 2.24) is 15.5 Å². The highest BCUT2D eigenvalue weighted by Crippen LogP contribution is 2.32. The van der Waals surface area contributed by atoms with Crippen molar-refractivity contribution in [2.45, 2.75) is 39.2 Å². The predicted octanol–water partition coefficient (Wildman–Crippen LogP) is 3.70. The smallest absolute Gasteiger partial charge is 0.444 e. The van der Waals surface area contributed by atoms with Gasteiger partial charge in [-0.05, 0) is 32.9 Å². The first kappa shape index (κ1) is 19.5. The maximum atomic E-state index is 12.5. The number of aromatic nitrogens is 2. The summed E-state index contributed by atoms with van der Waals surface area (Å²) < 4.78 is 51.4. The van der Waals surface area contributed by atoms with Crippen molar-refractivity contribution in [3.8, 4) is 17.1 Å². The second-order valence-electron chi connectivity index (χ2n) is 6.23. The van der Waals surface area contributed by atoms with Crippen LogP contribution in [0.3, 0.4) is 0 Å². The number of carbonyl (C=O) groups excluding carboxylic acids is 1. The molecule has 0 saturated heterocycles. The summed E-state index contributed by atoms with van der Waals surface area (Å²) in [6.45, 7) is 5.36. The number of alkyl carbamates (subject to hydrolysis) is 1. The van der Waals surface area contributed by atoms with Crippen LogP contribution < -0.4 is 10.1 Å². The van der Waals surface area contributed by atoms with Crippen LogP contribution in [-0.2, 0) is 11.2 Å². The van der Waals surface area contributed by atoms with Crippen molar-refractivity contribution in [3.63, 3.8) is 0 Å². The molecule has 0 aliphatic rings. The van der Waals surface area contributed by atoms with Gasteiger partial charge in [0.05, 0.1) is 5.56 Å². The first-order valence-electron chi connectivity index (χ1n) is 7.68. The van der Waals surface area contributed by atoms with Gasteiger partial charge in [0, 0.05) is 13.0 Å². The monoisotopic (exact) mass is 373 g/mol. The molecule has 0 aliphatic heterocycles. The lowest BCUT2D eigenvalue weighted by Gasteiger charge is -2.19. The molecule has 2 aromatic rings. The van der Waals surface area contributed by atoms with Crippen molar-refractivity contribution in [2.24, 2.45) is 0 Å². The fourth-order valence-electron chi connectivity index (χ4n) is 1.92. The Morgan fingerprint density at radius 3 is 2.58 bits per heavy atom. The normalized spacial score (nSPS) is 11.9. The largest absolute Gasteiger partial charge is 0.573 e. The topological polar surface area (TPSA) is 86.5 Å². The number of hydrogen-bond acceptors (Lipinski definition) is 6. The molecule has 7 nitrogen and oxygen atoms in total. The minimum absolute atomic E-state index is 0.0416. The summed E-state index contributed by atoms with van der Waals surface area (Å²) in [6.07, 6.45) is -5.24. The van der Waals surface area contributed by atoms with Gasteiger partial charge in [-0.1, -0.05) is 17.3 Å². The number of rotatable bonds is 5. The average Bonchev–Trinajstić information content (AvgIpc) is 2.93. The van der Waals surface area contributed by atoms with E-state index in [0.29, 0.717) is 0 Å². The van der Waals surface area contributed by atoms with Gasteiger partial charge < -0.3 is 19.3 Å². The molecule has 0 spiro atoms. The number of para-hydroxylation sites is 1. The fraction of sp³-hybridized carbons (Fsp3) is 0.438. The number of alkyl halides is 3.